The molecule has 0 bridgehead atoms. The van der Waals surface area contributed by atoms with E-state index in [0.717, 1.165) is 0 Å². The number of hydrogen-bond acceptors (Lipinski definition) is 17. The van der Waals surface area contributed by atoms with Gasteiger partial charge in [0.25, 0.3) is 0 Å². The van der Waals surface area contributed by atoms with Crippen LogP contribution in [0.25, 0.3) is 10.7 Å². The van der Waals surface area contributed by atoms with Gasteiger partial charge in [0.1, 0.15) is 35.5 Å². The molecule has 18 heteroatoms. The molecule has 0 radical (unpaired) electrons. The predicted molar refractivity (Wildman–Crippen MR) is 215 cm³/mol. The molecule has 3 saturated heterocycles. The van der Waals surface area contributed by atoms with Gasteiger partial charge in [-0.25, -0.2) is 0 Å². The molecular weight excluding hydrogens is 785 g/mol. The Morgan fingerprint density at radius 3 is 2.39 bits per heavy atom. The summed E-state index contributed by atoms with van der Waals surface area (Å²) in [6.07, 6.45) is -2.29. The van der Waals surface area contributed by atoms with Gasteiger partial charge in [0.05, 0.1) is 17.8 Å². The standard InChI is InChI=1S/C41H60N6O11S/c1-12-27-41(8)30(29(38(52)58-41)35(42)46-54-19-28-44-45-36(59-28)25-15-13-14-16-43-25)22(4)31(48)20(2)18-40(7,53-11)34(23(5)32(49)24(6)37(51)56-27)57-39-33(50)26(47(9)10)17-21(3)55-39/h13-16,20-24,26-27,29-30,33-34,39,50H,12,17-19H2,1-11H3,(H2,42,46)/t20-,21-,22-,23+,24-,26+,27+,29-,30+,33-,34-,39?,40-,41-/m1/s1. The smallest absolute Gasteiger partial charge is 0.317 e. The van der Waals surface area contributed by atoms with Crippen LogP contribution >= 0.6 is 11.3 Å². The Morgan fingerprint density at radius 2 is 1.76 bits per heavy atom. The second-order valence-electron chi connectivity index (χ2n) is 16.8. The molecule has 5 rings (SSSR count). The first-order valence-electron chi connectivity index (χ1n) is 20.2. The highest BCUT2D eigenvalue weighted by Crippen LogP contribution is 2.48. The predicted octanol–water partition coefficient (Wildman–Crippen LogP) is 3.56. The molecule has 3 N–H and O–H groups in total. The third-order valence-electron chi connectivity index (χ3n) is 12.4. The van der Waals surface area contributed by atoms with Crippen molar-refractivity contribution in [3.63, 3.8) is 0 Å². The number of hydrogen-bond donors (Lipinski definition) is 2. The summed E-state index contributed by atoms with van der Waals surface area (Å²) in [4.78, 5) is 68.7. The summed E-state index contributed by atoms with van der Waals surface area (Å²) in [5.74, 6) is -8.83. The fourth-order valence-electron chi connectivity index (χ4n) is 9.07. The van der Waals surface area contributed by atoms with Crippen molar-refractivity contribution >= 4 is 40.7 Å². The summed E-state index contributed by atoms with van der Waals surface area (Å²) >= 11 is 1.25. The molecule has 0 saturated carbocycles. The van der Waals surface area contributed by atoms with Gasteiger partial charge < -0.3 is 44.3 Å². The number of nitrogens with two attached hydrogens (primary N) is 1. The van der Waals surface area contributed by atoms with Gasteiger partial charge in [0.15, 0.2) is 40.1 Å². The Bertz CT molecular complexity index is 1850. The first-order chi connectivity index (χ1) is 27.8. The maximum absolute atomic E-state index is 14.7. The van der Waals surface area contributed by atoms with E-state index in [1.807, 2.05) is 32.0 Å². The minimum Gasteiger partial charge on any atom is -0.458 e. The summed E-state index contributed by atoms with van der Waals surface area (Å²) in [5.41, 5.74) is 4.28. The monoisotopic (exact) mass is 844 g/mol. The zero-order chi connectivity index (χ0) is 43.6. The number of Topliss-reactive ketones (excluding diaryl/α,β-unsaturated/α-hetero) is 2. The van der Waals surface area contributed by atoms with E-state index in [4.69, 9.17) is 34.3 Å². The van der Waals surface area contributed by atoms with Crippen molar-refractivity contribution in [2.45, 2.75) is 129 Å². The zero-order valence-corrected chi connectivity index (χ0v) is 36.6. The van der Waals surface area contributed by atoms with Crippen LogP contribution in [0.2, 0.25) is 0 Å². The number of aromatic nitrogens is 3. The maximum atomic E-state index is 14.7. The van der Waals surface area contributed by atoms with Gasteiger partial charge in [-0.2, -0.15) is 0 Å². The molecular formula is C41H60N6O11S. The first kappa shape index (κ1) is 46.1. The van der Waals surface area contributed by atoms with Crippen LogP contribution in [0.15, 0.2) is 29.6 Å². The fourth-order valence-corrected chi connectivity index (χ4v) is 9.79. The van der Waals surface area contributed by atoms with E-state index in [-0.39, 0.29) is 43.2 Å². The van der Waals surface area contributed by atoms with Crippen LogP contribution in [0.3, 0.4) is 0 Å². The number of ketones is 2. The highest BCUT2D eigenvalue weighted by atomic mass is 32.1. The molecule has 0 aliphatic carbocycles. The number of esters is 2. The van der Waals surface area contributed by atoms with Crippen molar-refractivity contribution < 1.29 is 52.8 Å². The number of oxime groups is 1. The lowest BCUT2D eigenvalue weighted by atomic mass is 9.67. The highest BCUT2D eigenvalue weighted by Gasteiger charge is 2.62. The number of pyridine rings is 1. The van der Waals surface area contributed by atoms with E-state index < -0.39 is 89.0 Å². The molecule has 0 aromatic carbocycles. The molecule has 0 amide bonds. The molecule has 1 unspecified atom stereocenters. The lowest BCUT2D eigenvalue weighted by molar-refractivity contribution is -0.295. The number of nitrogens with zero attached hydrogens (tertiary/aromatic N) is 5. The van der Waals surface area contributed by atoms with Gasteiger partial charge in [-0.05, 0) is 73.2 Å². The molecule has 59 heavy (non-hydrogen) atoms. The van der Waals surface area contributed by atoms with Crippen molar-refractivity contribution in [2.75, 3.05) is 21.2 Å². The van der Waals surface area contributed by atoms with Gasteiger partial charge in [-0.1, -0.05) is 50.3 Å². The van der Waals surface area contributed by atoms with E-state index >= 15 is 0 Å². The van der Waals surface area contributed by atoms with Crippen molar-refractivity contribution in [1.82, 2.24) is 20.1 Å². The maximum Gasteiger partial charge on any atom is 0.317 e. The number of ether oxygens (including phenoxy) is 5. The van der Waals surface area contributed by atoms with Gasteiger partial charge in [-0.3, -0.25) is 24.2 Å². The number of likely N-dealkylation sites (N-methyl/N-ethyl adjacent to an activating group) is 1. The number of aliphatic hydroxyl groups is 1. The molecule has 326 valence electrons. The second kappa shape index (κ2) is 18.8. The lowest BCUT2D eigenvalue weighted by Gasteiger charge is -2.47. The first-order valence-corrected chi connectivity index (χ1v) is 21.0. The molecule has 2 aromatic rings. The number of amidine groups is 1. The van der Waals surface area contributed by atoms with Crippen molar-refractivity contribution in [2.24, 2.45) is 46.4 Å². The summed E-state index contributed by atoms with van der Waals surface area (Å²) in [7, 11) is 5.16. The van der Waals surface area contributed by atoms with E-state index in [1.54, 1.807) is 59.9 Å². The lowest BCUT2D eigenvalue weighted by Crippen LogP contribution is -2.59. The molecule has 0 spiro atoms. The van der Waals surface area contributed by atoms with Crippen LogP contribution < -0.4 is 5.73 Å². The van der Waals surface area contributed by atoms with Crippen LogP contribution in [0, 0.1) is 35.5 Å². The largest absolute Gasteiger partial charge is 0.458 e. The number of aliphatic hydroxyl groups excluding tert-OH is 1. The summed E-state index contributed by atoms with van der Waals surface area (Å²) in [6.45, 7) is 13.4. The minimum atomic E-state index is -1.57. The zero-order valence-electron chi connectivity index (χ0n) is 35.8. The summed E-state index contributed by atoms with van der Waals surface area (Å²) < 4.78 is 31.0. The van der Waals surface area contributed by atoms with E-state index in [2.05, 4.69) is 20.3 Å². The van der Waals surface area contributed by atoms with Crippen LogP contribution in [0.5, 0.6) is 0 Å². The number of methoxy groups -OCH3 is 1. The third kappa shape index (κ3) is 9.52. The van der Waals surface area contributed by atoms with Crippen LogP contribution in [0.4, 0.5) is 0 Å². The Hall–Kier alpha value is -3.94. The van der Waals surface area contributed by atoms with Crippen molar-refractivity contribution in [1.29, 1.82) is 0 Å². The molecule has 5 heterocycles. The molecule has 17 nitrogen and oxygen atoms in total. The number of cyclic esters (lactones) is 1. The Labute approximate surface area is 349 Å². The Balaban J connectivity index is 1.49. The van der Waals surface area contributed by atoms with E-state index in [9.17, 15) is 24.3 Å². The van der Waals surface area contributed by atoms with Crippen molar-refractivity contribution in [3.05, 3.63) is 29.4 Å². The Kier molecular flexibility index (Phi) is 14.7. The quantitative estimate of drug-likeness (QED) is 0.115. The molecule has 3 aliphatic rings. The van der Waals surface area contributed by atoms with Gasteiger partial charge in [-0.15, -0.1) is 10.2 Å². The number of carbonyl (C=O) groups excluding carboxylic acids is 4. The van der Waals surface area contributed by atoms with E-state index in [0.29, 0.717) is 22.1 Å². The number of carbonyl (C=O) groups is 4. The average Bonchev–Trinajstić information content (AvgIpc) is 3.79. The Morgan fingerprint density at radius 1 is 1.05 bits per heavy atom. The molecule has 3 aliphatic heterocycles. The molecule has 2 aromatic heterocycles. The summed E-state index contributed by atoms with van der Waals surface area (Å²) in [6, 6.07) is 5.13. The van der Waals surface area contributed by atoms with Gasteiger partial charge >= 0.3 is 11.9 Å². The normalized spacial score (nSPS) is 37.7. The average molecular weight is 845 g/mol. The van der Waals surface area contributed by atoms with Crippen LogP contribution in [0.1, 0.15) is 79.7 Å². The topological polar surface area (TPSA) is 224 Å². The fraction of sp³-hybridized carbons (Fsp3) is 0.707. The third-order valence-corrected chi connectivity index (χ3v) is 13.3. The minimum absolute atomic E-state index is 0.0540. The molecule has 14 atom stereocenters. The number of rotatable bonds is 10. The summed E-state index contributed by atoms with van der Waals surface area (Å²) in [5, 5.41) is 24.9. The van der Waals surface area contributed by atoms with Crippen LogP contribution in [-0.2, 0) is 54.3 Å². The highest BCUT2D eigenvalue weighted by molar-refractivity contribution is 7.14. The number of fused-ring (bicyclic) bond motifs is 1. The SMILES string of the molecule is CC[C@@H]1OC(=O)[C@H](C)C(=O)[C@H](C)[C@@H](OC2O[C@H](C)C[C@H](N(C)C)[C@H]2O)[C@](C)(OC)C[C@@H](C)C(=O)[C@H](C)[C@H]2[C@H](/C(N)=N/OCc3nnc(-c4ccccn4)s3)C(=O)O[C@@]21C. The van der Waals surface area contributed by atoms with Crippen LogP contribution in [-0.4, -0.2) is 124 Å². The van der Waals surface area contributed by atoms with Gasteiger partial charge in [0, 0.05) is 43.0 Å². The second-order valence-corrected chi connectivity index (χ2v) is 17.9. The molecule has 3 fully saturated rings. The van der Waals surface area contributed by atoms with E-state index in [1.165, 1.54) is 25.4 Å². The van der Waals surface area contributed by atoms with Gasteiger partial charge in [0.2, 0.25) is 0 Å². The van der Waals surface area contributed by atoms with Crippen molar-refractivity contribution in [3.8, 4) is 10.7 Å².